The predicted octanol–water partition coefficient (Wildman–Crippen LogP) is -0.995. The normalized spacial score (nSPS) is 25.0. The van der Waals surface area contributed by atoms with E-state index in [-0.39, 0.29) is 24.2 Å². The number of amides is 1. The second kappa shape index (κ2) is 6.54. The number of nitrogens with one attached hydrogen (secondary N) is 2. The standard InChI is InChI=1S/C12H16BrN3O5/c1-6-5-16(12(20)15-11(6)19)10-2-7(17)8(21-10)4-14-9(18)3-13/h5,7-8,10,17H,2-4H2,1H3,(H,14,18)(H,15,19,20). The molecule has 21 heavy (non-hydrogen) atoms. The number of halogens is 1. The number of hydrogen-bond acceptors (Lipinski definition) is 5. The van der Waals surface area contributed by atoms with Crippen LogP contribution >= 0.6 is 15.9 Å². The Hall–Kier alpha value is -1.45. The Morgan fingerprint density at radius 3 is 3.00 bits per heavy atom. The van der Waals surface area contributed by atoms with Crippen LogP contribution in [0.25, 0.3) is 0 Å². The maximum atomic E-state index is 11.8. The van der Waals surface area contributed by atoms with E-state index in [0.29, 0.717) is 5.56 Å². The van der Waals surface area contributed by atoms with E-state index in [0.717, 1.165) is 0 Å². The number of aromatic nitrogens is 2. The SMILES string of the molecule is Cc1cn(C2CC(O)C(CNC(=O)CBr)O2)c(=O)[nH]c1=O. The van der Waals surface area contributed by atoms with Crippen LogP contribution in [-0.2, 0) is 9.53 Å². The number of carbonyl (C=O) groups is 1. The van der Waals surface area contributed by atoms with Crippen LogP contribution in [0.3, 0.4) is 0 Å². The topological polar surface area (TPSA) is 113 Å². The molecule has 116 valence electrons. The zero-order valence-electron chi connectivity index (χ0n) is 11.3. The first-order valence-corrected chi connectivity index (χ1v) is 7.52. The molecule has 8 nitrogen and oxygen atoms in total. The fourth-order valence-electron chi connectivity index (χ4n) is 2.13. The first kappa shape index (κ1) is 15.9. The zero-order valence-corrected chi connectivity index (χ0v) is 12.9. The predicted molar refractivity (Wildman–Crippen MR) is 77.4 cm³/mol. The van der Waals surface area contributed by atoms with Crippen LogP contribution in [-0.4, -0.2) is 44.6 Å². The van der Waals surface area contributed by atoms with Crippen molar-refractivity contribution in [2.75, 3.05) is 11.9 Å². The van der Waals surface area contributed by atoms with E-state index in [9.17, 15) is 19.5 Å². The monoisotopic (exact) mass is 361 g/mol. The Morgan fingerprint density at radius 1 is 1.62 bits per heavy atom. The van der Waals surface area contributed by atoms with Crippen molar-refractivity contribution in [1.82, 2.24) is 14.9 Å². The van der Waals surface area contributed by atoms with Crippen LogP contribution < -0.4 is 16.6 Å². The van der Waals surface area contributed by atoms with Gasteiger partial charge in [0.2, 0.25) is 5.91 Å². The Kier molecular flexibility index (Phi) is 4.96. The molecule has 1 aliphatic heterocycles. The van der Waals surface area contributed by atoms with Crippen molar-refractivity contribution < 1.29 is 14.6 Å². The van der Waals surface area contributed by atoms with Gasteiger partial charge in [0.05, 0.1) is 11.4 Å². The molecule has 0 saturated carbocycles. The molecule has 3 N–H and O–H groups in total. The summed E-state index contributed by atoms with van der Waals surface area (Å²) in [7, 11) is 0. The molecular formula is C12H16BrN3O5. The molecule has 1 amide bonds. The fraction of sp³-hybridized carbons (Fsp3) is 0.583. The molecule has 0 aromatic carbocycles. The summed E-state index contributed by atoms with van der Waals surface area (Å²) < 4.78 is 6.83. The molecule has 2 heterocycles. The quantitative estimate of drug-likeness (QED) is 0.595. The fourth-order valence-corrected chi connectivity index (χ4v) is 2.33. The van der Waals surface area contributed by atoms with E-state index >= 15 is 0 Å². The number of rotatable bonds is 4. The van der Waals surface area contributed by atoms with Gasteiger partial charge in [0.1, 0.15) is 12.3 Å². The molecular weight excluding hydrogens is 346 g/mol. The van der Waals surface area contributed by atoms with Crippen LogP contribution in [0.1, 0.15) is 18.2 Å². The first-order chi connectivity index (χ1) is 9.92. The summed E-state index contributed by atoms with van der Waals surface area (Å²) in [5, 5.41) is 12.7. The molecule has 3 unspecified atom stereocenters. The Bertz CT molecular complexity index is 641. The molecule has 9 heteroatoms. The Labute approximate surface area is 128 Å². The van der Waals surface area contributed by atoms with Crippen LogP contribution in [0.4, 0.5) is 0 Å². The average Bonchev–Trinajstić information content (AvgIpc) is 2.81. The number of aliphatic hydroxyl groups excluding tert-OH is 1. The smallest absolute Gasteiger partial charge is 0.330 e. The molecule has 1 fully saturated rings. The minimum absolute atomic E-state index is 0.152. The third-order valence-corrected chi connectivity index (χ3v) is 3.79. The van der Waals surface area contributed by atoms with Crippen LogP contribution in [0.15, 0.2) is 15.8 Å². The van der Waals surface area contributed by atoms with Gasteiger partial charge in [-0.1, -0.05) is 15.9 Å². The zero-order chi connectivity index (χ0) is 15.6. The van der Waals surface area contributed by atoms with Crippen molar-refractivity contribution in [1.29, 1.82) is 0 Å². The highest BCUT2D eigenvalue weighted by Gasteiger charge is 2.35. The molecule has 0 spiro atoms. The minimum Gasteiger partial charge on any atom is -0.390 e. The Morgan fingerprint density at radius 2 is 2.33 bits per heavy atom. The van der Waals surface area contributed by atoms with E-state index in [1.165, 1.54) is 10.8 Å². The molecule has 0 radical (unpaired) electrons. The second-order valence-electron chi connectivity index (χ2n) is 4.85. The lowest BCUT2D eigenvalue weighted by Gasteiger charge is -2.16. The number of carbonyl (C=O) groups excluding carboxylic acids is 1. The second-order valence-corrected chi connectivity index (χ2v) is 5.41. The summed E-state index contributed by atoms with van der Waals surface area (Å²) >= 11 is 3.02. The highest BCUT2D eigenvalue weighted by molar-refractivity contribution is 9.09. The van der Waals surface area contributed by atoms with Gasteiger partial charge < -0.3 is 15.2 Å². The number of hydrogen-bond donors (Lipinski definition) is 3. The van der Waals surface area contributed by atoms with Gasteiger partial charge in [-0.15, -0.1) is 0 Å². The number of aliphatic hydroxyl groups is 1. The van der Waals surface area contributed by atoms with Crippen molar-refractivity contribution in [3.8, 4) is 0 Å². The van der Waals surface area contributed by atoms with Gasteiger partial charge in [0, 0.05) is 24.7 Å². The maximum Gasteiger partial charge on any atom is 0.330 e. The van der Waals surface area contributed by atoms with E-state index < -0.39 is 29.7 Å². The van der Waals surface area contributed by atoms with E-state index in [2.05, 4.69) is 26.2 Å². The van der Waals surface area contributed by atoms with Crippen LogP contribution in [0.5, 0.6) is 0 Å². The summed E-state index contributed by atoms with van der Waals surface area (Å²) in [5.74, 6) is -0.216. The summed E-state index contributed by atoms with van der Waals surface area (Å²) in [6, 6.07) is 0. The molecule has 1 aromatic rings. The lowest BCUT2D eigenvalue weighted by Crippen LogP contribution is -2.37. The molecule has 1 saturated heterocycles. The number of aryl methyl sites for hydroxylation is 1. The number of nitrogens with zero attached hydrogens (tertiary/aromatic N) is 1. The molecule has 2 rings (SSSR count). The average molecular weight is 362 g/mol. The number of aromatic amines is 1. The highest BCUT2D eigenvalue weighted by atomic mass is 79.9. The highest BCUT2D eigenvalue weighted by Crippen LogP contribution is 2.27. The number of H-pyrrole nitrogens is 1. The molecule has 1 aromatic heterocycles. The van der Waals surface area contributed by atoms with Crippen molar-refractivity contribution in [3.05, 3.63) is 32.6 Å². The van der Waals surface area contributed by atoms with E-state index in [4.69, 9.17) is 4.74 Å². The maximum absolute atomic E-state index is 11.8. The lowest BCUT2D eigenvalue weighted by atomic mass is 10.2. The largest absolute Gasteiger partial charge is 0.390 e. The van der Waals surface area contributed by atoms with Gasteiger partial charge >= 0.3 is 5.69 Å². The van der Waals surface area contributed by atoms with Crippen molar-refractivity contribution in [2.24, 2.45) is 0 Å². The van der Waals surface area contributed by atoms with Gasteiger partial charge in [0.15, 0.2) is 0 Å². The summed E-state index contributed by atoms with van der Waals surface area (Å²) in [5.41, 5.74) is -0.660. The van der Waals surface area contributed by atoms with Gasteiger partial charge in [0.25, 0.3) is 5.56 Å². The lowest BCUT2D eigenvalue weighted by molar-refractivity contribution is -0.119. The number of ether oxygens (including phenoxy) is 1. The van der Waals surface area contributed by atoms with E-state index in [1.807, 2.05) is 0 Å². The van der Waals surface area contributed by atoms with Gasteiger partial charge in [-0.3, -0.25) is 19.1 Å². The third-order valence-electron chi connectivity index (χ3n) is 3.28. The van der Waals surface area contributed by atoms with Crippen molar-refractivity contribution in [2.45, 2.75) is 31.8 Å². The first-order valence-electron chi connectivity index (χ1n) is 6.40. The minimum atomic E-state index is -0.801. The number of alkyl halides is 1. The summed E-state index contributed by atoms with van der Waals surface area (Å²) in [6.07, 6.45) is -0.464. The van der Waals surface area contributed by atoms with Crippen molar-refractivity contribution in [3.63, 3.8) is 0 Å². The molecule has 1 aliphatic rings. The van der Waals surface area contributed by atoms with Crippen LogP contribution in [0.2, 0.25) is 0 Å². The van der Waals surface area contributed by atoms with Gasteiger partial charge in [-0.25, -0.2) is 4.79 Å². The van der Waals surface area contributed by atoms with Gasteiger partial charge in [-0.05, 0) is 6.92 Å². The Balaban J connectivity index is 2.10. The summed E-state index contributed by atoms with van der Waals surface area (Å²) in [6.45, 7) is 1.73. The molecule has 3 atom stereocenters. The van der Waals surface area contributed by atoms with Gasteiger partial charge in [-0.2, -0.15) is 0 Å². The third kappa shape index (κ3) is 3.60. The summed E-state index contributed by atoms with van der Waals surface area (Å²) in [4.78, 5) is 36.5. The molecule has 0 bridgehead atoms. The van der Waals surface area contributed by atoms with E-state index in [1.54, 1.807) is 6.92 Å². The van der Waals surface area contributed by atoms with Crippen molar-refractivity contribution >= 4 is 21.8 Å². The molecule has 0 aliphatic carbocycles. The van der Waals surface area contributed by atoms with Crippen LogP contribution in [0, 0.1) is 6.92 Å².